The van der Waals surface area contributed by atoms with Gasteiger partial charge in [0.15, 0.2) is 5.78 Å². The van der Waals surface area contributed by atoms with Gasteiger partial charge in [0.1, 0.15) is 5.00 Å². The molecule has 2 rings (SSSR count). The van der Waals surface area contributed by atoms with E-state index in [1.54, 1.807) is 0 Å². The van der Waals surface area contributed by atoms with Crippen molar-refractivity contribution >= 4 is 33.7 Å². The van der Waals surface area contributed by atoms with Gasteiger partial charge in [0.25, 0.3) is 5.91 Å². The lowest BCUT2D eigenvalue weighted by atomic mass is 10.1. The van der Waals surface area contributed by atoms with Gasteiger partial charge in [-0.1, -0.05) is 0 Å². The third-order valence-corrected chi connectivity index (χ3v) is 4.99. The molecule has 0 saturated carbocycles. The number of rotatable bonds is 5. The van der Waals surface area contributed by atoms with E-state index >= 15 is 0 Å². The molecular weight excluding hydrogens is 290 g/mol. The number of nitrogens with two attached hydrogens (primary N) is 2. The number of piperidine rings is 1. The first kappa shape index (κ1) is 15.8. The van der Waals surface area contributed by atoms with Gasteiger partial charge in [-0.05, 0) is 19.8 Å². The van der Waals surface area contributed by atoms with Crippen LogP contribution in [0.25, 0.3) is 0 Å². The first-order valence-corrected chi connectivity index (χ1v) is 7.86. The molecule has 0 aromatic carbocycles. The Morgan fingerprint density at radius 1 is 1.38 bits per heavy atom. The molecule has 6 nitrogen and oxygen atoms in total. The van der Waals surface area contributed by atoms with Crippen LogP contribution in [0.2, 0.25) is 0 Å². The molecule has 116 valence electrons. The van der Waals surface area contributed by atoms with Crippen LogP contribution in [-0.2, 0) is 4.74 Å². The summed E-state index contributed by atoms with van der Waals surface area (Å²) in [6, 6.07) is 0. The van der Waals surface area contributed by atoms with Crippen molar-refractivity contribution in [3.05, 3.63) is 10.4 Å². The number of carbonyl (C=O) groups is 2. The molecule has 1 aliphatic rings. The number of primary amides is 1. The maximum Gasteiger partial charge on any atom is 0.253 e. The van der Waals surface area contributed by atoms with E-state index in [0.29, 0.717) is 16.5 Å². The Morgan fingerprint density at radius 2 is 2.00 bits per heavy atom. The summed E-state index contributed by atoms with van der Waals surface area (Å²) in [5.41, 5.74) is 11.8. The van der Waals surface area contributed by atoms with Crippen LogP contribution in [0.4, 0.5) is 10.7 Å². The van der Waals surface area contributed by atoms with Gasteiger partial charge in [0, 0.05) is 26.6 Å². The van der Waals surface area contributed by atoms with E-state index in [1.165, 1.54) is 18.3 Å². The molecule has 1 aliphatic heterocycles. The van der Waals surface area contributed by atoms with Crippen molar-refractivity contribution in [2.75, 3.05) is 30.3 Å². The van der Waals surface area contributed by atoms with Crippen molar-refractivity contribution in [3.8, 4) is 0 Å². The summed E-state index contributed by atoms with van der Waals surface area (Å²) in [5, 5.41) is 0.708. The Kier molecular flexibility index (Phi) is 4.84. The van der Waals surface area contributed by atoms with Gasteiger partial charge in [0.05, 0.1) is 22.2 Å². The van der Waals surface area contributed by atoms with Crippen molar-refractivity contribution < 1.29 is 14.3 Å². The minimum absolute atomic E-state index is 0.143. The van der Waals surface area contributed by atoms with E-state index in [2.05, 4.69) is 4.90 Å². The Bertz CT molecular complexity index is 548. The number of nitrogens with zero attached hydrogens (tertiary/aromatic N) is 1. The summed E-state index contributed by atoms with van der Waals surface area (Å²) in [5.74, 6) is -0.728. The number of hydrogen-bond acceptors (Lipinski definition) is 6. The third kappa shape index (κ3) is 3.19. The quantitative estimate of drug-likeness (QED) is 0.805. The zero-order valence-corrected chi connectivity index (χ0v) is 13.2. The number of anilines is 2. The van der Waals surface area contributed by atoms with Crippen LogP contribution < -0.4 is 16.4 Å². The fourth-order valence-corrected chi connectivity index (χ4v) is 3.79. The molecule has 4 N–H and O–H groups in total. The highest BCUT2D eigenvalue weighted by Crippen LogP contribution is 2.39. The summed E-state index contributed by atoms with van der Waals surface area (Å²) in [6.45, 7) is 5.66. The summed E-state index contributed by atoms with van der Waals surface area (Å²) in [6.07, 6.45) is 2.03. The molecule has 0 spiro atoms. The molecule has 21 heavy (non-hydrogen) atoms. The maximum atomic E-state index is 11.7. The predicted molar refractivity (Wildman–Crippen MR) is 84.1 cm³/mol. The van der Waals surface area contributed by atoms with Crippen molar-refractivity contribution in [2.24, 2.45) is 5.73 Å². The highest BCUT2D eigenvalue weighted by atomic mass is 32.1. The number of Topliss-reactive ketones (excluding diaryl/α,β-unsaturated/α-hetero) is 1. The van der Waals surface area contributed by atoms with Gasteiger partial charge in [-0.15, -0.1) is 11.3 Å². The number of thiophene rings is 1. The van der Waals surface area contributed by atoms with E-state index in [4.69, 9.17) is 16.2 Å². The molecule has 1 saturated heterocycles. The Labute approximate surface area is 128 Å². The topological polar surface area (TPSA) is 98.7 Å². The van der Waals surface area contributed by atoms with Crippen molar-refractivity contribution in [1.82, 2.24) is 0 Å². The molecule has 1 aromatic heterocycles. The van der Waals surface area contributed by atoms with Crippen molar-refractivity contribution in [2.45, 2.75) is 32.8 Å². The Balaban J connectivity index is 2.26. The molecule has 0 bridgehead atoms. The number of nitrogen functional groups attached to an aromatic ring is 1. The van der Waals surface area contributed by atoms with Crippen molar-refractivity contribution in [3.63, 3.8) is 0 Å². The van der Waals surface area contributed by atoms with Gasteiger partial charge in [-0.25, -0.2) is 0 Å². The number of hydrogen-bond donors (Lipinski definition) is 2. The van der Waals surface area contributed by atoms with Gasteiger partial charge in [0.2, 0.25) is 0 Å². The first-order chi connectivity index (χ1) is 9.95. The Morgan fingerprint density at radius 3 is 2.48 bits per heavy atom. The lowest BCUT2D eigenvalue weighted by Gasteiger charge is -2.32. The lowest BCUT2D eigenvalue weighted by molar-refractivity contribution is 0.0460. The van der Waals surface area contributed by atoms with E-state index < -0.39 is 5.91 Å². The third-order valence-electron chi connectivity index (χ3n) is 3.62. The van der Waals surface area contributed by atoms with E-state index in [1.807, 2.05) is 6.92 Å². The molecule has 1 fully saturated rings. The molecule has 2 heterocycles. The van der Waals surface area contributed by atoms with Crippen LogP contribution >= 0.6 is 11.3 Å². The van der Waals surface area contributed by atoms with Crippen LogP contribution in [0.3, 0.4) is 0 Å². The second-order valence-corrected chi connectivity index (χ2v) is 6.09. The average molecular weight is 311 g/mol. The minimum Gasteiger partial charge on any atom is -0.397 e. The average Bonchev–Trinajstić information content (AvgIpc) is 2.78. The monoisotopic (exact) mass is 311 g/mol. The predicted octanol–water partition coefficient (Wildman–Crippen LogP) is 1.64. The van der Waals surface area contributed by atoms with Gasteiger partial charge < -0.3 is 21.1 Å². The summed E-state index contributed by atoms with van der Waals surface area (Å²) < 4.78 is 5.62. The molecule has 1 amide bonds. The number of amides is 1. The Hall–Kier alpha value is -1.60. The van der Waals surface area contributed by atoms with Crippen LogP contribution in [-0.4, -0.2) is 37.5 Å². The highest BCUT2D eigenvalue weighted by Gasteiger charge is 2.28. The molecule has 0 radical (unpaired) electrons. The molecule has 0 atom stereocenters. The number of ketones is 1. The summed E-state index contributed by atoms with van der Waals surface area (Å²) >= 11 is 1.25. The van der Waals surface area contributed by atoms with Crippen LogP contribution in [0.15, 0.2) is 0 Å². The van der Waals surface area contributed by atoms with E-state index in [-0.39, 0.29) is 23.1 Å². The minimum atomic E-state index is -0.585. The molecule has 0 aliphatic carbocycles. The molecule has 1 aromatic rings. The largest absolute Gasteiger partial charge is 0.397 e. The SMILES string of the molecule is CCOC1CCN(c2sc(C(C)=O)c(N)c2C(N)=O)CC1. The first-order valence-electron chi connectivity index (χ1n) is 7.05. The lowest BCUT2D eigenvalue weighted by Crippen LogP contribution is -2.37. The van der Waals surface area contributed by atoms with Gasteiger partial charge in [-0.2, -0.15) is 0 Å². The zero-order valence-electron chi connectivity index (χ0n) is 12.3. The number of carbonyl (C=O) groups excluding carboxylic acids is 2. The van der Waals surface area contributed by atoms with E-state index in [9.17, 15) is 9.59 Å². The van der Waals surface area contributed by atoms with Crippen LogP contribution in [0.5, 0.6) is 0 Å². The van der Waals surface area contributed by atoms with Crippen LogP contribution in [0, 0.1) is 0 Å². The van der Waals surface area contributed by atoms with Gasteiger partial charge >= 0.3 is 0 Å². The standard InChI is InChI=1S/C14H21N3O3S/c1-3-20-9-4-6-17(7-5-9)14-10(13(16)19)11(15)12(21-14)8(2)18/h9H,3-7,15H2,1-2H3,(H2,16,19). The van der Waals surface area contributed by atoms with Gasteiger partial charge in [-0.3, -0.25) is 9.59 Å². The molecular formula is C14H21N3O3S. The van der Waals surface area contributed by atoms with Crippen molar-refractivity contribution in [1.29, 1.82) is 0 Å². The van der Waals surface area contributed by atoms with E-state index in [0.717, 1.165) is 25.9 Å². The van der Waals surface area contributed by atoms with Crippen LogP contribution in [0.1, 0.15) is 46.7 Å². The zero-order chi connectivity index (χ0) is 15.6. The number of ether oxygens (including phenoxy) is 1. The maximum absolute atomic E-state index is 11.7. The smallest absolute Gasteiger partial charge is 0.253 e. The fourth-order valence-electron chi connectivity index (χ4n) is 2.61. The normalized spacial score (nSPS) is 16.2. The molecule has 0 unspecified atom stereocenters. The second kappa shape index (κ2) is 6.44. The highest BCUT2D eigenvalue weighted by molar-refractivity contribution is 7.19. The fraction of sp³-hybridized carbons (Fsp3) is 0.571. The second-order valence-electron chi connectivity index (χ2n) is 5.09. The molecule has 7 heteroatoms. The summed E-state index contributed by atoms with van der Waals surface area (Å²) in [7, 11) is 0. The summed E-state index contributed by atoms with van der Waals surface area (Å²) in [4.78, 5) is 25.8.